The molecule has 0 aromatic carbocycles. The molecule has 0 bridgehead atoms. The van der Waals surface area contributed by atoms with Crippen molar-refractivity contribution in [1.29, 1.82) is 0 Å². The molecule has 17 heavy (non-hydrogen) atoms. The molecular formula is C14H26N2O. The molecule has 0 aromatic heterocycles. The second-order valence-electron chi connectivity index (χ2n) is 4.70. The highest BCUT2D eigenvalue weighted by molar-refractivity contribution is 5.16. The number of allylic oxidation sites excluding steroid dienone is 4. The molecule has 0 spiro atoms. The fraction of sp³-hybridized carbons (Fsp3) is 0.714. The summed E-state index contributed by atoms with van der Waals surface area (Å²) in [4.78, 5) is 4.74. The lowest BCUT2D eigenvalue weighted by molar-refractivity contribution is 0.176. The molecule has 0 radical (unpaired) electrons. The number of methoxy groups -OCH3 is 1. The van der Waals surface area contributed by atoms with E-state index in [1.165, 1.54) is 18.5 Å². The zero-order valence-electron chi connectivity index (χ0n) is 11.5. The molecule has 0 N–H and O–H groups in total. The van der Waals surface area contributed by atoms with E-state index in [1.54, 1.807) is 7.11 Å². The molecule has 0 saturated heterocycles. The summed E-state index contributed by atoms with van der Waals surface area (Å²) >= 11 is 0. The van der Waals surface area contributed by atoms with E-state index in [9.17, 15) is 0 Å². The summed E-state index contributed by atoms with van der Waals surface area (Å²) in [6, 6.07) is 0. The van der Waals surface area contributed by atoms with E-state index < -0.39 is 0 Å². The summed E-state index contributed by atoms with van der Waals surface area (Å²) in [6.45, 7) is 4.18. The maximum absolute atomic E-state index is 5.06. The van der Waals surface area contributed by atoms with Gasteiger partial charge in [-0.15, -0.1) is 0 Å². The third kappa shape index (κ3) is 5.89. The summed E-state index contributed by atoms with van der Waals surface area (Å²) in [5.74, 6) is 0. The maximum Gasteiger partial charge on any atom is 0.0474 e. The Morgan fingerprint density at radius 3 is 2.71 bits per heavy atom. The fourth-order valence-electron chi connectivity index (χ4n) is 1.96. The molecule has 3 nitrogen and oxygen atoms in total. The van der Waals surface area contributed by atoms with Gasteiger partial charge < -0.3 is 14.5 Å². The number of hydrogen-bond donors (Lipinski definition) is 0. The van der Waals surface area contributed by atoms with Crippen LogP contribution in [-0.4, -0.2) is 57.2 Å². The van der Waals surface area contributed by atoms with Gasteiger partial charge in [-0.25, -0.2) is 0 Å². The van der Waals surface area contributed by atoms with Gasteiger partial charge in [0.1, 0.15) is 0 Å². The first kappa shape index (κ1) is 14.3. The molecular weight excluding hydrogens is 212 g/mol. The predicted molar refractivity (Wildman–Crippen MR) is 73.1 cm³/mol. The zero-order chi connectivity index (χ0) is 12.5. The Kier molecular flexibility index (Phi) is 6.97. The molecule has 98 valence electrons. The molecule has 1 rings (SSSR count). The highest BCUT2D eigenvalue weighted by Crippen LogP contribution is 2.14. The molecule has 0 unspecified atom stereocenters. The zero-order valence-corrected chi connectivity index (χ0v) is 11.5. The van der Waals surface area contributed by atoms with Crippen LogP contribution in [0.25, 0.3) is 0 Å². The Hall–Kier alpha value is -0.800. The standard InChI is InChI=1S/C14H26N2O/c1-15(10-7-13-17-3)11-12-16(2)14-8-5-4-6-9-14/h4-5,8H,6-7,9-13H2,1-3H3. The average molecular weight is 238 g/mol. The Morgan fingerprint density at radius 1 is 1.24 bits per heavy atom. The van der Waals surface area contributed by atoms with Crippen LogP contribution in [0.5, 0.6) is 0 Å². The third-order valence-corrected chi connectivity index (χ3v) is 3.19. The molecule has 0 amide bonds. The van der Waals surface area contributed by atoms with Crippen LogP contribution in [0, 0.1) is 0 Å². The van der Waals surface area contributed by atoms with Crippen LogP contribution in [-0.2, 0) is 4.74 Å². The SMILES string of the molecule is COCCCN(C)CCN(C)C1=CC=CCC1. The number of rotatable bonds is 8. The van der Waals surface area contributed by atoms with Crippen molar-refractivity contribution in [3.8, 4) is 0 Å². The van der Waals surface area contributed by atoms with E-state index in [4.69, 9.17) is 4.74 Å². The largest absolute Gasteiger partial charge is 0.385 e. The summed E-state index contributed by atoms with van der Waals surface area (Å²) in [5.41, 5.74) is 1.46. The van der Waals surface area contributed by atoms with Crippen LogP contribution in [0.1, 0.15) is 19.3 Å². The van der Waals surface area contributed by atoms with Gasteiger partial charge in [0.05, 0.1) is 0 Å². The Labute approximate surface area is 106 Å². The van der Waals surface area contributed by atoms with Crippen molar-refractivity contribution < 1.29 is 4.74 Å². The van der Waals surface area contributed by atoms with E-state index >= 15 is 0 Å². The quantitative estimate of drug-likeness (QED) is 0.602. The van der Waals surface area contributed by atoms with Gasteiger partial charge >= 0.3 is 0 Å². The normalized spacial score (nSPS) is 15.2. The van der Waals surface area contributed by atoms with E-state index in [1.807, 2.05) is 0 Å². The summed E-state index contributed by atoms with van der Waals surface area (Å²) in [7, 11) is 6.13. The highest BCUT2D eigenvalue weighted by Gasteiger charge is 2.06. The molecule has 0 saturated carbocycles. The molecule has 3 heteroatoms. The van der Waals surface area contributed by atoms with Crippen molar-refractivity contribution in [2.75, 3.05) is 47.4 Å². The van der Waals surface area contributed by atoms with Gasteiger partial charge in [0.25, 0.3) is 0 Å². The first-order valence-electron chi connectivity index (χ1n) is 6.48. The van der Waals surface area contributed by atoms with E-state index in [2.05, 4.69) is 42.1 Å². The van der Waals surface area contributed by atoms with E-state index in [0.717, 1.165) is 32.7 Å². The molecule has 0 heterocycles. The predicted octanol–water partition coefficient (Wildman–Crippen LogP) is 2.12. The van der Waals surface area contributed by atoms with E-state index in [-0.39, 0.29) is 0 Å². The second-order valence-corrected chi connectivity index (χ2v) is 4.70. The summed E-state index contributed by atoms with van der Waals surface area (Å²) in [6.07, 6.45) is 10.1. The lowest BCUT2D eigenvalue weighted by Crippen LogP contribution is -2.31. The molecule has 1 aliphatic carbocycles. The van der Waals surface area contributed by atoms with Crippen LogP contribution in [0.2, 0.25) is 0 Å². The first-order chi connectivity index (χ1) is 8.24. The Bertz CT molecular complexity index is 261. The minimum atomic E-state index is 0.857. The van der Waals surface area contributed by atoms with Gasteiger partial charge in [-0.05, 0) is 32.4 Å². The summed E-state index contributed by atoms with van der Waals surface area (Å²) < 4.78 is 5.06. The number of ether oxygens (including phenoxy) is 1. The van der Waals surface area contributed by atoms with Crippen molar-refractivity contribution in [2.24, 2.45) is 0 Å². The van der Waals surface area contributed by atoms with Crippen molar-refractivity contribution in [3.05, 3.63) is 23.9 Å². The van der Waals surface area contributed by atoms with E-state index in [0.29, 0.717) is 0 Å². The van der Waals surface area contributed by atoms with Gasteiger partial charge in [-0.1, -0.05) is 12.2 Å². The van der Waals surface area contributed by atoms with Crippen molar-refractivity contribution in [3.63, 3.8) is 0 Å². The molecule has 0 atom stereocenters. The third-order valence-electron chi connectivity index (χ3n) is 3.19. The van der Waals surface area contributed by atoms with Crippen molar-refractivity contribution >= 4 is 0 Å². The summed E-state index contributed by atoms with van der Waals surface area (Å²) in [5, 5.41) is 0. The van der Waals surface area contributed by atoms with Crippen LogP contribution in [0.15, 0.2) is 23.9 Å². The lowest BCUT2D eigenvalue weighted by Gasteiger charge is -2.26. The molecule has 0 fully saturated rings. The number of nitrogens with zero attached hydrogens (tertiary/aromatic N) is 2. The fourth-order valence-corrected chi connectivity index (χ4v) is 1.96. The van der Waals surface area contributed by atoms with Gasteiger partial charge in [-0.3, -0.25) is 0 Å². The van der Waals surface area contributed by atoms with Crippen LogP contribution >= 0.6 is 0 Å². The minimum Gasteiger partial charge on any atom is -0.385 e. The lowest BCUT2D eigenvalue weighted by atomic mass is 10.1. The Balaban J connectivity index is 2.16. The van der Waals surface area contributed by atoms with Crippen LogP contribution < -0.4 is 0 Å². The monoisotopic (exact) mass is 238 g/mol. The minimum absolute atomic E-state index is 0.857. The number of hydrogen-bond acceptors (Lipinski definition) is 3. The van der Waals surface area contributed by atoms with Gasteiger partial charge in [-0.2, -0.15) is 0 Å². The van der Waals surface area contributed by atoms with Crippen molar-refractivity contribution in [2.45, 2.75) is 19.3 Å². The maximum atomic E-state index is 5.06. The molecule has 0 aromatic rings. The van der Waals surface area contributed by atoms with Gasteiger partial charge in [0.15, 0.2) is 0 Å². The topological polar surface area (TPSA) is 15.7 Å². The van der Waals surface area contributed by atoms with Crippen LogP contribution in [0.4, 0.5) is 0 Å². The van der Waals surface area contributed by atoms with Crippen LogP contribution in [0.3, 0.4) is 0 Å². The molecule has 0 aliphatic heterocycles. The Morgan fingerprint density at radius 2 is 2.06 bits per heavy atom. The first-order valence-corrected chi connectivity index (χ1v) is 6.48. The van der Waals surface area contributed by atoms with Gasteiger partial charge in [0, 0.05) is 46.1 Å². The number of likely N-dealkylation sites (N-methyl/N-ethyl adjacent to an activating group) is 2. The molecule has 1 aliphatic rings. The second kappa shape index (κ2) is 8.31. The smallest absolute Gasteiger partial charge is 0.0474 e. The highest BCUT2D eigenvalue weighted by atomic mass is 16.5. The average Bonchev–Trinajstić information content (AvgIpc) is 2.37. The van der Waals surface area contributed by atoms with Gasteiger partial charge in [0.2, 0.25) is 0 Å². The van der Waals surface area contributed by atoms with Crippen molar-refractivity contribution in [1.82, 2.24) is 9.80 Å².